The Bertz CT molecular complexity index is 2360. The van der Waals surface area contributed by atoms with Crippen LogP contribution in [0.5, 0.6) is 11.5 Å². The number of alkyl carbamates (subject to hydrolysis) is 1. The Kier molecular flexibility index (Phi) is 18.3. The Morgan fingerprint density at radius 1 is 0.658 bits per heavy atom. The van der Waals surface area contributed by atoms with E-state index in [1.165, 1.54) is 68.6 Å². The maximum Gasteiger partial charge on any atom is 0.417 e. The summed E-state index contributed by atoms with van der Waals surface area (Å²) in [6.45, 7) is 13.0. The van der Waals surface area contributed by atoms with Gasteiger partial charge in [0.1, 0.15) is 11.5 Å². The highest BCUT2D eigenvalue weighted by atomic mass is 19.4. The van der Waals surface area contributed by atoms with Crippen molar-refractivity contribution in [2.45, 2.75) is 167 Å². The van der Waals surface area contributed by atoms with Crippen molar-refractivity contribution in [2.24, 2.45) is 0 Å². The summed E-state index contributed by atoms with van der Waals surface area (Å²) in [5.74, 6) is -2.76. The lowest BCUT2D eigenvalue weighted by molar-refractivity contribution is -0.139. The molecule has 73 heavy (non-hydrogen) atoms. The summed E-state index contributed by atoms with van der Waals surface area (Å²) in [7, 11) is 3.90. The van der Waals surface area contributed by atoms with E-state index < -0.39 is 81.6 Å². The number of likely N-dealkylation sites (N-methyl/N-ethyl adjacent to an activating group) is 1. The smallest absolute Gasteiger partial charge is 0.417 e. The monoisotopic (exact) mass is 1040 g/mol. The lowest BCUT2D eigenvalue weighted by Gasteiger charge is -2.41. The number of fused-ring (bicyclic) bond motifs is 2. The van der Waals surface area contributed by atoms with E-state index in [1.54, 1.807) is 32.6 Å². The Labute approximate surface area is 422 Å². The van der Waals surface area contributed by atoms with Crippen molar-refractivity contribution in [3.63, 3.8) is 0 Å². The first-order valence-electron chi connectivity index (χ1n) is 24.7. The van der Waals surface area contributed by atoms with E-state index in [9.17, 15) is 55.1 Å². The van der Waals surface area contributed by atoms with Gasteiger partial charge >= 0.3 is 24.5 Å². The van der Waals surface area contributed by atoms with Crippen molar-refractivity contribution in [3.05, 3.63) is 46.5 Å². The second-order valence-electron chi connectivity index (χ2n) is 20.4. The standard InChI is InChI=1S/C26H36F3N3O5.C25H34F3N3O5/c1-16(2)32(17-10-8-7-9-11-17)22(33)18-14-20-21(15-19(18)26(27,28)29)37-25(3,4)23(34)31(20)13-12-30(5)24(35)36-6;1-15(2)31(16-9-7-6-8-10-16)21(32)17-13-19-20(14-18(17)25(26,27)28)36-24(3,4)22(33)30(19)12-11-29-23(34)35-5/h14-17H,7-13H2,1-6H3;13-16H,6-12H2,1-5H3,(H,29,34). The van der Waals surface area contributed by atoms with Crippen LogP contribution in [0.3, 0.4) is 0 Å². The zero-order valence-electron chi connectivity index (χ0n) is 43.6. The molecule has 0 spiro atoms. The van der Waals surface area contributed by atoms with Gasteiger partial charge in [-0.05, 0) is 105 Å². The zero-order chi connectivity index (χ0) is 54.5. The fourth-order valence-corrected chi connectivity index (χ4v) is 9.97. The molecule has 2 aromatic rings. The summed E-state index contributed by atoms with van der Waals surface area (Å²) in [5, 5.41) is 2.46. The minimum absolute atomic E-state index is 0.0154. The second-order valence-corrected chi connectivity index (χ2v) is 20.4. The Balaban J connectivity index is 0.000000271. The number of benzene rings is 2. The maximum atomic E-state index is 14.3. The van der Waals surface area contributed by atoms with Crippen LogP contribution in [0.2, 0.25) is 0 Å². The highest BCUT2D eigenvalue weighted by Gasteiger charge is 2.47. The summed E-state index contributed by atoms with van der Waals surface area (Å²) in [6.07, 6.45) is -2.31. The number of ether oxygens (including phenoxy) is 4. The number of hydrogen-bond acceptors (Lipinski definition) is 10. The molecule has 0 aromatic heterocycles. The first-order chi connectivity index (χ1) is 34.0. The SMILES string of the molecule is COC(=O)N(C)CCN1C(=O)C(C)(C)Oc2cc(C(F)(F)F)c(C(=O)N(C(C)C)C3CCCCC3)cc21.COC(=O)NCCN1C(=O)C(C)(C)Oc2cc(C(F)(F)F)c(C(=O)N(C(C)C)C3CCCCC3)cc21. The number of alkyl halides is 6. The molecule has 2 saturated carbocycles. The summed E-state index contributed by atoms with van der Waals surface area (Å²) in [5.41, 5.74) is -6.03. The molecule has 22 heteroatoms. The van der Waals surface area contributed by atoms with E-state index in [0.29, 0.717) is 0 Å². The molecule has 406 valence electrons. The average molecular weight is 1040 g/mol. The van der Waals surface area contributed by atoms with Crippen LogP contribution >= 0.6 is 0 Å². The molecule has 0 unspecified atom stereocenters. The average Bonchev–Trinajstić information content (AvgIpc) is 3.31. The van der Waals surface area contributed by atoms with Crippen LogP contribution in [0, 0.1) is 0 Å². The van der Waals surface area contributed by atoms with Crippen molar-refractivity contribution in [1.29, 1.82) is 0 Å². The number of rotatable bonds is 12. The minimum Gasteiger partial charge on any atom is -0.476 e. The lowest BCUT2D eigenvalue weighted by Crippen LogP contribution is -2.54. The minimum atomic E-state index is -4.82. The van der Waals surface area contributed by atoms with Crippen molar-refractivity contribution in [3.8, 4) is 11.5 Å². The van der Waals surface area contributed by atoms with Gasteiger partial charge in [0.25, 0.3) is 23.6 Å². The molecule has 6 amide bonds. The lowest BCUT2D eigenvalue weighted by atomic mass is 9.92. The summed E-state index contributed by atoms with van der Waals surface area (Å²) in [6, 6.07) is 2.91. The van der Waals surface area contributed by atoms with Crippen LogP contribution in [0.1, 0.15) is 151 Å². The molecule has 1 N–H and O–H groups in total. The molecule has 16 nitrogen and oxygen atoms in total. The quantitative estimate of drug-likeness (QED) is 0.202. The van der Waals surface area contributed by atoms with Gasteiger partial charge in [-0.3, -0.25) is 19.2 Å². The molecule has 4 aliphatic rings. The van der Waals surface area contributed by atoms with E-state index in [1.807, 2.05) is 0 Å². The Hall–Kier alpha value is -5.96. The number of anilines is 2. The second kappa shape index (κ2) is 23.1. The normalized spacial score (nSPS) is 17.8. The summed E-state index contributed by atoms with van der Waals surface area (Å²) < 4.78 is 106. The van der Waals surface area contributed by atoms with Gasteiger partial charge in [-0.2, -0.15) is 26.3 Å². The first kappa shape index (κ1) is 57.9. The predicted molar refractivity (Wildman–Crippen MR) is 259 cm³/mol. The van der Waals surface area contributed by atoms with Crippen LogP contribution in [0.25, 0.3) is 0 Å². The molecule has 0 atom stereocenters. The predicted octanol–water partition coefficient (Wildman–Crippen LogP) is 9.84. The number of nitrogens with zero attached hydrogens (tertiary/aromatic N) is 5. The fraction of sp³-hybridized carbons (Fsp3) is 0.647. The van der Waals surface area contributed by atoms with Gasteiger partial charge in [0, 0.05) is 57.4 Å². The summed E-state index contributed by atoms with van der Waals surface area (Å²) >= 11 is 0. The molecule has 2 heterocycles. The molecule has 2 fully saturated rings. The number of carbonyl (C=O) groups is 6. The van der Waals surface area contributed by atoms with Crippen LogP contribution in [0.4, 0.5) is 47.3 Å². The van der Waals surface area contributed by atoms with Gasteiger partial charge in [0.2, 0.25) is 0 Å². The van der Waals surface area contributed by atoms with Crippen LogP contribution in [-0.2, 0) is 31.4 Å². The number of amides is 6. The van der Waals surface area contributed by atoms with Crippen LogP contribution in [0.15, 0.2) is 24.3 Å². The Morgan fingerprint density at radius 2 is 1.04 bits per heavy atom. The molecule has 0 radical (unpaired) electrons. The van der Waals surface area contributed by atoms with Crippen LogP contribution in [-0.4, -0.2) is 133 Å². The fourth-order valence-electron chi connectivity index (χ4n) is 9.97. The van der Waals surface area contributed by atoms with Gasteiger partial charge in [-0.15, -0.1) is 0 Å². The third-order valence-electron chi connectivity index (χ3n) is 13.6. The molecular weight excluding hydrogens is 971 g/mol. The van der Waals surface area contributed by atoms with Gasteiger partial charge < -0.3 is 48.8 Å². The number of carbonyl (C=O) groups excluding carboxylic acids is 6. The van der Waals surface area contributed by atoms with Crippen molar-refractivity contribution in [1.82, 2.24) is 20.0 Å². The third-order valence-corrected chi connectivity index (χ3v) is 13.6. The summed E-state index contributed by atoms with van der Waals surface area (Å²) in [4.78, 5) is 84.0. The van der Waals surface area contributed by atoms with E-state index in [-0.39, 0.29) is 73.2 Å². The molecule has 2 aliphatic carbocycles. The Morgan fingerprint density at radius 3 is 1.38 bits per heavy atom. The number of methoxy groups -OCH3 is 2. The van der Waals surface area contributed by atoms with E-state index in [2.05, 4.69) is 14.8 Å². The highest BCUT2D eigenvalue weighted by Crippen LogP contribution is 2.47. The molecule has 0 bridgehead atoms. The zero-order valence-corrected chi connectivity index (χ0v) is 43.6. The van der Waals surface area contributed by atoms with Crippen molar-refractivity contribution in [2.75, 3.05) is 57.2 Å². The molecular formula is C51H70F6N6O10. The van der Waals surface area contributed by atoms with E-state index in [4.69, 9.17) is 9.47 Å². The molecule has 2 aromatic carbocycles. The number of nitrogens with one attached hydrogen (secondary N) is 1. The van der Waals surface area contributed by atoms with Gasteiger partial charge in [-0.25, -0.2) is 9.59 Å². The van der Waals surface area contributed by atoms with E-state index in [0.717, 1.165) is 88.5 Å². The van der Waals surface area contributed by atoms with Crippen LogP contribution < -0.4 is 24.6 Å². The maximum absolute atomic E-state index is 14.3. The van der Waals surface area contributed by atoms with E-state index >= 15 is 0 Å². The van der Waals surface area contributed by atoms with Gasteiger partial charge in [0.05, 0.1) is 47.8 Å². The van der Waals surface area contributed by atoms with Crippen molar-refractivity contribution < 1.29 is 74.1 Å². The number of halogens is 6. The largest absolute Gasteiger partial charge is 0.476 e. The topological polar surface area (TPSA) is 168 Å². The molecule has 6 rings (SSSR count). The van der Waals surface area contributed by atoms with Gasteiger partial charge in [-0.1, -0.05) is 38.5 Å². The number of hydrogen-bond donors (Lipinski definition) is 1. The van der Waals surface area contributed by atoms with Crippen molar-refractivity contribution >= 4 is 47.2 Å². The molecule has 2 aliphatic heterocycles. The highest BCUT2D eigenvalue weighted by molar-refractivity contribution is 6.06. The van der Waals surface area contributed by atoms with Gasteiger partial charge in [0.15, 0.2) is 11.2 Å². The first-order valence-corrected chi connectivity index (χ1v) is 24.7. The third kappa shape index (κ3) is 13.2. The molecule has 0 saturated heterocycles.